The zero-order valence-corrected chi connectivity index (χ0v) is 12.3. The quantitative estimate of drug-likeness (QED) is 0.822. The Morgan fingerprint density at radius 2 is 2.18 bits per heavy atom. The lowest BCUT2D eigenvalue weighted by Crippen LogP contribution is -2.24. The Morgan fingerprint density at radius 1 is 1.50 bits per heavy atom. The predicted molar refractivity (Wildman–Crippen MR) is 80.3 cm³/mol. The zero-order valence-electron chi connectivity index (χ0n) is 12.3. The molecule has 1 heterocycles. The van der Waals surface area contributed by atoms with Gasteiger partial charge in [-0.15, -0.1) is 6.42 Å². The third-order valence-electron chi connectivity index (χ3n) is 3.07. The number of aromatic nitrogens is 1. The number of methoxy groups -OCH3 is 1. The summed E-state index contributed by atoms with van der Waals surface area (Å²) in [6, 6.07) is 7.05. The van der Waals surface area contributed by atoms with Crippen molar-refractivity contribution in [3.8, 4) is 29.4 Å². The highest BCUT2D eigenvalue weighted by atomic mass is 16.5. The molecule has 2 aromatic rings. The fourth-order valence-electron chi connectivity index (χ4n) is 2.02. The molecule has 6 heteroatoms. The van der Waals surface area contributed by atoms with Crippen LogP contribution in [0.5, 0.6) is 5.75 Å². The Morgan fingerprint density at radius 3 is 2.73 bits per heavy atom. The summed E-state index contributed by atoms with van der Waals surface area (Å²) < 4.78 is 10.2. The number of amides is 1. The molecule has 0 bridgehead atoms. The van der Waals surface area contributed by atoms with Gasteiger partial charge in [0, 0.05) is 5.56 Å². The smallest absolute Gasteiger partial charge is 0.291 e. The minimum atomic E-state index is -0.921. The molecule has 2 N–H and O–H groups in total. The average molecular weight is 300 g/mol. The molecule has 114 valence electrons. The highest BCUT2D eigenvalue weighted by Gasteiger charge is 2.26. The molecule has 1 amide bonds. The molecular formula is C16H16N2O4. The molecule has 0 aliphatic heterocycles. The molecule has 0 saturated carbocycles. The van der Waals surface area contributed by atoms with Crippen molar-refractivity contribution in [2.24, 2.45) is 0 Å². The molecule has 0 aliphatic rings. The summed E-state index contributed by atoms with van der Waals surface area (Å²) >= 11 is 0. The van der Waals surface area contributed by atoms with Crippen LogP contribution in [0.25, 0.3) is 11.3 Å². The minimum absolute atomic E-state index is 0.0453. The number of rotatable bonds is 5. The van der Waals surface area contributed by atoms with E-state index in [-0.39, 0.29) is 12.3 Å². The summed E-state index contributed by atoms with van der Waals surface area (Å²) in [4.78, 5) is 12.0. The molecule has 0 fully saturated rings. The van der Waals surface area contributed by atoms with Crippen LogP contribution in [0.1, 0.15) is 29.1 Å². The first-order chi connectivity index (χ1) is 10.6. The lowest BCUT2D eigenvalue weighted by atomic mass is 10.0. The zero-order chi connectivity index (χ0) is 16.1. The summed E-state index contributed by atoms with van der Waals surface area (Å²) in [6.07, 6.45) is 4.18. The first-order valence-electron chi connectivity index (χ1n) is 6.62. The Balaban J connectivity index is 2.42. The molecule has 22 heavy (non-hydrogen) atoms. The first kappa shape index (κ1) is 15.6. The summed E-state index contributed by atoms with van der Waals surface area (Å²) in [5.74, 6) is 2.43. The van der Waals surface area contributed by atoms with E-state index in [1.165, 1.54) is 6.92 Å². The van der Waals surface area contributed by atoms with Gasteiger partial charge in [0.15, 0.2) is 0 Å². The second-order valence-corrected chi connectivity index (χ2v) is 4.57. The number of carbonyl (C=O) groups excluding carboxylic acids is 1. The van der Waals surface area contributed by atoms with Crippen LogP contribution in [0.3, 0.4) is 0 Å². The molecule has 0 radical (unpaired) electrons. The molecule has 1 atom stereocenters. The van der Waals surface area contributed by atoms with E-state index in [1.807, 2.05) is 0 Å². The maximum Gasteiger partial charge on any atom is 0.291 e. The van der Waals surface area contributed by atoms with Crippen molar-refractivity contribution in [1.82, 2.24) is 10.5 Å². The predicted octanol–water partition coefficient (Wildman–Crippen LogP) is 1.77. The van der Waals surface area contributed by atoms with Gasteiger partial charge in [-0.3, -0.25) is 4.79 Å². The third-order valence-corrected chi connectivity index (χ3v) is 3.07. The summed E-state index contributed by atoms with van der Waals surface area (Å²) in [7, 11) is 1.57. The number of benzene rings is 1. The van der Waals surface area contributed by atoms with E-state index in [1.54, 1.807) is 31.4 Å². The van der Waals surface area contributed by atoms with E-state index in [0.717, 1.165) is 0 Å². The van der Waals surface area contributed by atoms with Crippen LogP contribution in [0.15, 0.2) is 28.8 Å². The number of hydrogen-bond acceptors (Lipinski definition) is 5. The van der Waals surface area contributed by atoms with Crippen molar-refractivity contribution < 1.29 is 19.2 Å². The van der Waals surface area contributed by atoms with Crippen molar-refractivity contribution in [1.29, 1.82) is 0 Å². The summed E-state index contributed by atoms with van der Waals surface area (Å²) in [5.41, 5.74) is 1.43. The summed E-state index contributed by atoms with van der Waals surface area (Å²) in [5, 5.41) is 16.4. The van der Waals surface area contributed by atoms with Crippen LogP contribution >= 0.6 is 0 Å². The topological polar surface area (TPSA) is 84.6 Å². The van der Waals surface area contributed by atoms with Gasteiger partial charge in [-0.05, 0) is 31.2 Å². The number of aliphatic hydroxyl groups is 1. The normalized spacial score (nSPS) is 11.5. The van der Waals surface area contributed by atoms with Crippen LogP contribution in [0, 0.1) is 12.3 Å². The number of ether oxygens (including phenoxy) is 1. The van der Waals surface area contributed by atoms with Gasteiger partial charge in [0.05, 0.1) is 25.3 Å². The van der Waals surface area contributed by atoms with Gasteiger partial charge in [-0.1, -0.05) is 11.1 Å². The van der Waals surface area contributed by atoms with Crippen LogP contribution < -0.4 is 10.1 Å². The van der Waals surface area contributed by atoms with Crippen LogP contribution in [-0.2, 0) is 0 Å². The van der Waals surface area contributed by atoms with Gasteiger partial charge in [0.2, 0.25) is 5.76 Å². The third kappa shape index (κ3) is 3.10. The maximum atomic E-state index is 12.0. The molecule has 0 spiro atoms. The SMILES string of the molecule is C#CCNC(=O)c1onc(-c2ccc(OC)cc2)c1[C@H](C)O. The standard InChI is InChI=1S/C16H16N2O4/c1-4-9-17-16(20)15-13(10(2)19)14(18-22-15)11-5-7-12(21-3)8-6-11/h1,5-8,10,19H,9H2,2-3H3,(H,17,20)/t10-/m0/s1. The van der Waals surface area contributed by atoms with E-state index in [0.29, 0.717) is 22.6 Å². The van der Waals surface area contributed by atoms with Crippen LogP contribution in [-0.4, -0.2) is 29.8 Å². The molecular weight excluding hydrogens is 284 g/mol. The monoisotopic (exact) mass is 300 g/mol. The van der Waals surface area contributed by atoms with E-state index < -0.39 is 12.0 Å². The van der Waals surface area contributed by atoms with E-state index in [2.05, 4.69) is 16.4 Å². The highest BCUT2D eigenvalue weighted by Crippen LogP contribution is 2.31. The Labute approximate surface area is 128 Å². The number of carbonyl (C=O) groups is 1. The van der Waals surface area contributed by atoms with Gasteiger partial charge in [-0.2, -0.15) is 0 Å². The lowest BCUT2D eigenvalue weighted by molar-refractivity contribution is 0.0913. The second-order valence-electron chi connectivity index (χ2n) is 4.57. The van der Waals surface area contributed by atoms with Crippen molar-refractivity contribution >= 4 is 5.91 Å². The van der Waals surface area contributed by atoms with Crippen molar-refractivity contribution in [3.63, 3.8) is 0 Å². The molecule has 1 aromatic carbocycles. The first-order valence-corrected chi connectivity index (χ1v) is 6.62. The van der Waals surface area contributed by atoms with E-state index >= 15 is 0 Å². The number of nitrogens with one attached hydrogen (secondary N) is 1. The molecule has 6 nitrogen and oxygen atoms in total. The van der Waals surface area contributed by atoms with Crippen molar-refractivity contribution in [2.45, 2.75) is 13.0 Å². The molecule has 0 unspecified atom stereocenters. The second kappa shape index (κ2) is 6.78. The van der Waals surface area contributed by atoms with Gasteiger partial charge < -0.3 is 19.7 Å². The fourth-order valence-corrected chi connectivity index (χ4v) is 2.02. The van der Waals surface area contributed by atoms with Gasteiger partial charge in [-0.25, -0.2) is 0 Å². The minimum Gasteiger partial charge on any atom is -0.497 e. The highest BCUT2D eigenvalue weighted by molar-refractivity contribution is 5.94. The van der Waals surface area contributed by atoms with Gasteiger partial charge in [0.1, 0.15) is 11.4 Å². The number of nitrogens with zero attached hydrogens (tertiary/aromatic N) is 1. The number of terminal acetylenes is 1. The molecule has 0 aliphatic carbocycles. The number of hydrogen-bond donors (Lipinski definition) is 2. The van der Waals surface area contributed by atoms with Crippen LogP contribution in [0.2, 0.25) is 0 Å². The van der Waals surface area contributed by atoms with Gasteiger partial charge in [0.25, 0.3) is 5.91 Å². The average Bonchev–Trinajstić information content (AvgIpc) is 2.98. The van der Waals surface area contributed by atoms with Crippen molar-refractivity contribution in [2.75, 3.05) is 13.7 Å². The fraction of sp³-hybridized carbons (Fsp3) is 0.250. The molecule has 0 saturated heterocycles. The van der Waals surface area contributed by atoms with E-state index in [4.69, 9.17) is 15.7 Å². The Bertz CT molecular complexity index is 696. The lowest BCUT2D eigenvalue weighted by Gasteiger charge is -2.07. The summed E-state index contributed by atoms with van der Waals surface area (Å²) in [6.45, 7) is 1.61. The maximum absolute atomic E-state index is 12.0. The van der Waals surface area contributed by atoms with Gasteiger partial charge >= 0.3 is 0 Å². The number of aliphatic hydroxyl groups excluding tert-OH is 1. The Kier molecular flexibility index (Phi) is 4.81. The van der Waals surface area contributed by atoms with Crippen molar-refractivity contribution in [3.05, 3.63) is 35.6 Å². The van der Waals surface area contributed by atoms with E-state index in [9.17, 15) is 9.90 Å². The van der Waals surface area contributed by atoms with Crippen LogP contribution in [0.4, 0.5) is 0 Å². The Hall–Kier alpha value is -2.78. The largest absolute Gasteiger partial charge is 0.497 e. The molecule has 1 aromatic heterocycles. The molecule has 2 rings (SSSR count).